The van der Waals surface area contributed by atoms with Crippen molar-refractivity contribution in [3.63, 3.8) is 0 Å². The predicted octanol–water partition coefficient (Wildman–Crippen LogP) is 3.18. The van der Waals surface area contributed by atoms with Gasteiger partial charge in [0.05, 0.1) is 46.7 Å². The minimum Gasteiger partial charge on any atom is -0.339 e. The van der Waals surface area contributed by atoms with Gasteiger partial charge in [0.2, 0.25) is 15.9 Å². The molecule has 1 N–H and O–H groups in total. The Labute approximate surface area is 236 Å². The van der Waals surface area contributed by atoms with E-state index in [-0.39, 0.29) is 17.1 Å². The number of nitrogens with one attached hydrogen (secondary N) is 1. The largest absolute Gasteiger partial charge is 0.339 e. The summed E-state index contributed by atoms with van der Waals surface area (Å²) in [6, 6.07) is 6.31. The molecule has 0 radical (unpaired) electrons. The van der Waals surface area contributed by atoms with Gasteiger partial charge in [-0.25, -0.2) is 17.7 Å². The molecular weight excluding hydrogens is 540 g/mol. The van der Waals surface area contributed by atoms with E-state index in [2.05, 4.69) is 33.4 Å². The fraction of sp³-hybridized carbons (Fsp3) is 0.379. The number of pyridine rings is 1. The Morgan fingerprint density at radius 2 is 1.80 bits per heavy atom. The van der Waals surface area contributed by atoms with Crippen LogP contribution in [-0.2, 0) is 34.3 Å². The molecule has 12 heteroatoms. The van der Waals surface area contributed by atoms with Gasteiger partial charge in [-0.05, 0) is 37.5 Å². The summed E-state index contributed by atoms with van der Waals surface area (Å²) in [5.41, 5.74) is 6.47. The van der Waals surface area contributed by atoms with Gasteiger partial charge in [-0.3, -0.25) is 14.2 Å². The molecule has 1 saturated heterocycles. The van der Waals surface area contributed by atoms with Crippen LogP contribution in [-0.4, -0.2) is 74.0 Å². The molecule has 1 aliphatic carbocycles. The summed E-state index contributed by atoms with van der Waals surface area (Å²) < 4.78 is 30.1. The number of sulfonamides is 1. The lowest BCUT2D eigenvalue weighted by molar-refractivity contribution is -0.139. The van der Waals surface area contributed by atoms with Gasteiger partial charge < -0.3 is 9.88 Å². The van der Waals surface area contributed by atoms with Gasteiger partial charge in [-0.15, -0.1) is 0 Å². The van der Waals surface area contributed by atoms with E-state index in [1.165, 1.54) is 0 Å². The average Bonchev–Trinajstić information content (AvgIpc) is 3.66. The van der Waals surface area contributed by atoms with Crippen LogP contribution in [0.3, 0.4) is 0 Å². The summed E-state index contributed by atoms with van der Waals surface area (Å²) in [5, 5.41) is 10.8. The molecule has 0 bridgehead atoms. The van der Waals surface area contributed by atoms with E-state index in [4.69, 9.17) is 4.98 Å². The van der Waals surface area contributed by atoms with Crippen LogP contribution in [0.2, 0.25) is 0 Å². The van der Waals surface area contributed by atoms with Crippen LogP contribution >= 0.6 is 0 Å². The Balaban J connectivity index is 1.34. The summed E-state index contributed by atoms with van der Waals surface area (Å²) >= 11 is 0. The second-order valence-corrected chi connectivity index (χ2v) is 14.3. The molecule has 11 nitrogen and oxygen atoms in total. The third-order valence-electron chi connectivity index (χ3n) is 9.52. The number of aromatic nitrogens is 6. The van der Waals surface area contributed by atoms with E-state index >= 15 is 0 Å². The Hall–Kier alpha value is -4.03. The number of hydrogen-bond acceptors (Lipinski definition) is 6. The summed E-state index contributed by atoms with van der Waals surface area (Å²) in [7, 11) is 2.40. The van der Waals surface area contributed by atoms with E-state index in [1.807, 2.05) is 44.4 Å². The molecule has 6 heterocycles. The van der Waals surface area contributed by atoms with Gasteiger partial charge in [0.25, 0.3) is 0 Å². The first kappa shape index (κ1) is 24.7. The van der Waals surface area contributed by atoms with Gasteiger partial charge >= 0.3 is 0 Å². The second-order valence-electron chi connectivity index (χ2n) is 12.0. The van der Waals surface area contributed by atoms with E-state index in [0.29, 0.717) is 25.9 Å². The summed E-state index contributed by atoms with van der Waals surface area (Å²) in [5.74, 6) is 0.151. The zero-order valence-electron chi connectivity index (χ0n) is 23.3. The number of nitrogens with zero attached hydrogens (tertiary/aromatic N) is 7. The highest BCUT2D eigenvalue weighted by Gasteiger charge is 2.68. The van der Waals surface area contributed by atoms with Crippen molar-refractivity contribution >= 4 is 43.6 Å². The van der Waals surface area contributed by atoms with Crippen molar-refractivity contribution in [1.29, 1.82) is 0 Å². The number of aryl methyl sites for hydroxylation is 2. The number of hydrogen-bond donors (Lipinski definition) is 1. The number of carbonyl (C=O) groups is 1. The van der Waals surface area contributed by atoms with E-state index in [1.54, 1.807) is 27.0 Å². The standard InChI is InChI=1S/C29H30N8O3S/c1-5-41(39,40)37-15-28(16-37)13-29(14-28)24-21(35(3)27(29)38)11-30-26-23(24)22(25(33-26)19-10-31-34(2)12-19)17-6-7-20-18(8-17)9-32-36(20)4/h6-12H,5,13-16H2,1-4H3,(H,30,33). The zero-order chi connectivity index (χ0) is 28.5. The smallest absolute Gasteiger partial charge is 0.237 e. The fourth-order valence-corrected chi connectivity index (χ4v) is 8.96. The van der Waals surface area contributed by atoms with Gasteiger partial charge in [-0.2, -0.15) is 10.2 Å². The number of carbonyl (C=O) groups excluding carboxylic acids is 1. The Bertz CT molecular complexity index is 2040. The second kappa shape index (κ2) is 7.83. The Morgan fingerprint density at radius 1 is 1.02 bits per heavy atom. The Kier molecular flexibility index (Phi) is 4.72. The molecule has 0 unspecified atom stereocenters. The monoisotopic (exact) mass is 570 g/mol. The maximum Gasteiger partial charge on any atom is 0.237 e. The number of H-pyrrole nitrogens is 1. The lowest BCUT2D eigenvalue weighted by atomic mass is 9.48. The SMILES string of the molecule is CCS(=O)(=O)N1CC2(C1)CC1(C2)C(=O)N(C)c2cnc3[nH]c(-c4cnn(C)c4)c(-c4ccc5c(cnn5C)c4)c3c21. The van der Waals surface area contributed by atoms with Crippen molar-refractivity contribution in [1.82, 2.24) is 33.8 Å². The van der Waals surface area contributed by atoms with E-state index in [9.17, 15) is 13.2 Å². The number of likely N-dealkylation sites (N-methyl/N-ethyl adjacent to an activating group) is 1. The molecule has 210 valence electrons. The highest BCUT2D eigenvalue weighted by Crippen LogP contribution is 2.66. The minimum absolute atomic E-state index is 0.0574. The van der Waals surface area contributed by atoms with Gasteiger partial charge in [0, 0.05) is 73.3 Å². The third kappa shape index (κ3) is 3.14. The highest BCUT2D eigenvalue weighted by molar-refractivity contribution is 7.89. The molecule has 1 aromatic carbocycles. The van der Waals surface area contributed by atoms with Crippen molar-refractivity contribution in [3.05, 3.63) is 48.5 Å². The summed E-state index contributed by atoms with van der Waals surface area (Å²) in [6.07, 6.45) is 8.71. The number of aromatic amines is 1. The van der Waals surface area contributed by atoms with Crippen LogP contribution in [0.4, 0.5) is 5.69 Å². The maximum atomic E-state index is 14.0. The van der Waals surface area contributed by atoms with E-state index < -0.39 is 15.4 Å². The molecular formula is C29H30N8O3S. The van der Waals surface area contributed by atoms with E-state index in [0.717, 1.165) is 55.6 Å². The summed E-state index contributed by atoms with van der Waals surface area (Å²) in [6.45, 7) is 2.63. The highest BCUT2D eigenvalue weighted by atomic mass is 32.2. The fourth-order valence-electron chi connectivity index (χ4n) is 7.66. The molecule has 2 aliphatic heterocycles. The molecule has 0 atom stereocenters. The van der Waals surface area contributed by atoms with Gasteiger partial charge in [0.15, 0.2) is 0 Å². The number of rotatable bonds is 4. The van der Waals surface area contributed by atoms with Crippen molar-refractivity contribution < 1.29 is 13.2 Å². The number of benzene rings is 1. The molecule has 2 fully saturated rings. The molecule has 41 heavy (non-hydrogen) atoms. The quantitative estimate of drug-likeness (QED) is 0.354. The van der Waals surface area contributed by atoms with Gasteiger partial charge in [0.1, 0.15) is 5.65 Å². The zero-order valence-corrected chi connectivity index (χ0v) is 24.2. The van der Waals surface area contributed by atoms with Gasteiger partial charge in [-0.1, -0.05) is 6.07 Å². The minimum atomic E-state index is -3.24. The third-order valence-corrected chi connectivity index (χ3v) is 11.3. The molecule has 2 spiro atoms. The lowest BCUT2D eigenvalue weighted by Gasteiger charge is -2.62. The number of amides is 1. The summed E-state index contributed by atoms with van der Waals surface area (Å²) in [4.78, 5) is 24.1. The first-order valence-electron chi connectivity index (χ1n) is 13.8. The van der Waals surface area contributed by atoms with Crippen LogP contribution in [0.1, 0.15) is 25.3 Å². The number of anilines is 1. The van der Waals surface area contributed by atoms with Crippen LogP contribution in [0, 0.1) is 5.41 Å². The molecule has 1 amide bonds. The van der Waals surface area contributed by atoms with Crippen LogP contribution in [0.25, 0.3) is 44.3 Å². The molecule has 4 aromatic heterocycles. The van der Waals surface area contributed by atoms with Crippen LogP contribution in [0.5, 0.6) is 0 Å². The van der Waals surface area contributed by atoms with Crippen LogP contribution in [0.15, 0.2) is 43.0 Å². The lowest BCUT2D eigenvalue weighted by Crippen LogP contribution is -2.69. The topological polar surface area (TPSA) is 122 Å². The average molecular weight is 571 g/mol. The normalized spacial score (nSPS) is 19.4. The molecule has 8 rings (SSSR count). The number of fused-ring (bicyclic) bond motifs is 5. The molecule has 3 aliphatic rings. The van der Waals surface area contributed by atoms with Crippen molar-refractivity contribution in [2.24, 2.45) is 19.5 Å². The van der Waals surface area contributed by atoms with Crippen molar-refractivity contribution in [2.45, 2.75) is 25.2 Å². The molecule has 5 aromatic rings. The predicted molar refractivity (Wildman–Crippen MR) is 156 cm³/mol. The Morgan fingerprint density at radius 3 is 2.51 bits per heavy atom. The first-order chi connectivity index (χ1) is 19.6. The molecule has 1 saturated carbocycles. The maximum absolute atomic E-state index is 14.0. The van der Waals surface area contributed by atoms with Crippen molar-refractivity contribution in [3.8, 4) is 22.4 Å². The first-order valence-corrected chi connectivity index (χ1v) is 15.4. The van der Waals surface area contributed by atoms with Crippen LogP contribution < -0.4 is 4.90 Å². The van der Waals surface area contributed by atoms with Crippen molar-refractivity contribution in [2.75, 3.05) is 30.8 Å².